The van der Waals surface area contributed by atoms with Crippen molar-refractivity contribution in [3.05, 3.63) is 40.2 Å². The Labute approximate surface area is 142 Å². The number of aryl methyl sites for hydroxylation is 1. The summed E-state index contributed by atoms with van der Waals surface area (Å²) in [5.74, 6) is 0.455. The number of ether oxygens (including phenoxy) is 1. The van der Waals surface area contributed by atoms with E-state index >= 15 is 0 Å². The SMILES string of the molecule is CCc1cc(=O)oc2cc(OC(C)C(=O)N(CC)C(C)C)ccc12. The van der Waals surface area contributed by atoms with Gasteiger partial charge >= 0.3 is 5.63 Å². The molecule has 0 N–H and O–H groups in total. The Balaban J connectivity index is 2.27. The maximum absolute atomic E-state index is 12.5. The molecule has 2 rings (SSSR count). The normalized spacial score (nSPS) is 12.4. The first-order valence-electron chi connectivity index (χ1n) is 8.41. The second kappa shape index (κ2) is 7.51. The molecule has 1 aromatic heterocycles. The van der Waals surface area contributed by atoms with Crippen LogP contribution in [0.1, 0.15) is 40.2 Å². The van der Waals surface area contributed by atoms with Gasteiger partial charge in [0, 0.05) is 30.1 Å². The minimum Gasteiger partial charge on any atom is -0.481 e. The predicted octanol–water partition coefficient (Wildman–Crippen LogP) is 3.38. The zero-order valence-electron chi connectivity index (χ0n) is 15.0. The largest absolute Gasteiger partial charge is 0.481 e. The van der Waals surface area contributed by atoms with Crippen molar-refractivity contribution in [2.24, 2.45) is 0 Å². The van der Waals surface area contributed by atoms with Gasteiger partial charge in [0.2, 0.25) is 0 Å². The molecule has 0 aliphatic rings. The van der Waals surface area contributed by atoms with E-state index in [1.54, 1.807) is 24.0 Å². The second-order valence-corrected chi connectivity index (χ2v) is 6.08. The molecule has 130 valence electrons. The van der Waals surface area contributed by atoms with Crippen LogP contribution >= 0.6 is 0 Å². The molecular weight excluding hydrogens is 306 g/mol. The average molecular weight is 331 g/mol. The van der Waals surface area contributed by atoms with Crippen LogP contribution in [0.4, 0.5) is 0 Å². The summed E-state index contributed by atoms with van der Waals surface area (Å²) in [5.41, 5.74) is 1.04. The van der Waals surface area contributed by atoms with Crippen LogP contribution in [0, 0.1) is 0 Å². The van der Waals surface area contributed by atoms with Crippen molar-refractivity contribution < 1.29 is 13.9 Å². The maximum atomic E-state index is 12.5. The molecule has 1 heterocycles. The number of hydrogen-bond acceptors (Lipinski definition) is 4. The van der Waals surface area contributed by atoms with Crippen LogP contribution in [0.15, 0.2) is 33.5 Å². The Morgan fingerprint density at radius 3 is 2.50 bits per heavy atom. The van der Waals surface area contributed by atoms with Gasteiger partial charge in [0.1, 0.15) is 11.3 Å². The molecule has 0 saturated heterocycles. The van der Waals surface area contributed by atoms with E-state index in [2.05, 4.69) is 0 Å². The fourth-order valence-corrected chi connectivity index (χ4v) is 2.84. The molecule has 5 nitrogen and oxygen atoms in total. The lowest BCUT2D eigenvalue weighted by Crippen LogP contribution is -2.44. The highest BCUT2D eigenvalue weighted by molar-refractivity contribution is 5.83. The molecule has 1 unspecified atom stereocenters. The van der Waals surface area contributed by atoms with Gasteiger partial charge in [0.05, 0.1) is 0 Å². The molecular formula is C19H25NO4. The molecule has 5 heteroatoms. The number of amides is 1. The molecule has 1 aromatic carbocycles. The lowest BCUT2D eigenvalue weighted by Gasteiger charge is -2.28. The second-order valence-electron chi connectivity index (χ2n) is 6.08. The number of carbonyl (C=O) groups is 1. The predicted molar refractivity (Wildman–Crippen MR) is 94.5 cm³/mol. The molecule has 0 spiro atoms. The Morgan fingerprint density at radius 2 is 1.92 bits per heavy atom. The number of carbonyl (C=O) groups excluding carboxylic acids is 1. The Morgan fingerprint density at radius 1 is 1.21 bits per heavy atom. The molecule has 0 aliphatic heterocycles. The Hall–Kier alpha value is -2.30. The van der Waals surface area contributed by atoms with E-state index < -0.39 is 6.10 Å². The van der Waals surface area contributed by atoms with Gasteiger partial charge in [-0.3, -0.25) is 4.79 Å². The summed E-state index contributed by atoms with van der Waals surface area (Å²) in [6.45, 7) is 10.3. The van der Waals surface area contributed by atoms with E-state index in [1.807, 2.05) is 33.8 Å². The zero-order valence-corrected chi connectivity index (χ0v) is 15.0. The Bertz CT molecular complexity index is 779. The Kier molecular flexibility index (Phi) is 5.65. The first-order valence-corrected chi connectivity index (χ1v) is 8.41. The average Bonchev–Trinajstić information content (AvgIpc) is 2.53. The summed E-state index contributed by atoms with van der Waals surface area (Å²) in [7, 11) is 0. The summed E-state index contributed by atoms with van der Waals surface area (Å²) >= 11 is 0. The van der Waals surface area contributed by atoms with E-state index in [4.69, 9.17) is 9.15 Å². The third-order valence-corrected chi connectivity index (χ3v) is 4.09. The summed E-state index contributed by atoms with van der Waals surface area (Å²) < 4.78 is 11.0. The van der Waals surface area contributed by atoms with E-state index in [9.17, 15) is 9.59 Å². The van der Waals surface area contributed by atoms with Gasteiger partial charge in [0.15, 0.2) is 6.10 Å². The van der Waals surface area contributed by atoms with Crippen LogP contribution < -0.4 is 10.4 Å². The number of fused-ring (bicyclic) bond motifs is 1. The van der Waals surface area contributed by atoms with Crippen LogP contribution in [0.25, 0.3) is 11.0 Å². The van der Waals surface area contributed by atoms with Crippen LogP contribution in [0.2, 0.25) is 0 Å². The van der Waals surface area contributed by atoms with Gasteiger partial charge in [-0.15, -0.1) is 0 Å². The molecule has 2 aromatic rings. The van der Waals surface area contributed by atoms with E-state index in [-0.39, 0.29) is 17.6 Å². The molecule has 0 aliphatic carbocycles. The minimum atomic E-state index is -0.606. The number of nitrogens with zero attached hydrogens (tertiary/aromatic N) is 1. The summed E-state index contributed by atoms with van der Waals surface area (Å²) in [4.78, 5) is 25.9. The molecule has 0 saturated carbocycles. The van der Waals surface area contributed by atoms with Gasteiger partial charge in [-0.25, -0.2) is 4.79 Å². The van der Waals surface area contributed by atoms with Crippen molar-refractivity contribution in [3.8, 4) is 5.75 Å². The number of likely N-dealkylation sites (N-methyl/N-ethyl adjacent to an activating group) is 1. The first kappa shape index (κ1) is 18.0. The van der Waals surface area contributed by atoms with Crippen molar-refractivity contribution in [2.75, 3.05) is 6.54 Å². The van der Waals surface area contributed by atoms with Crippen molar-refractivity contribution in [2.45, 2.75) is 53.2 Å². The summed E-state index contributed by atoms with van der Waals surface area (Å²) in [5, 5.41) is 0.890. The highest BCUT2D eigenvalue weighted by Crippen LogP contribution is 2.24. The first-order chi connectivity index (χ1) is 11.4. The quantitative estimate of drug-likeness (QED) is 0.761. The molecule has 1 amide bonds. The summed E-state index contributed by atoms with van der Waals surface area (Å²) in [6, 6.07) is 6.97. The van der Waals surface area contributed by atoms with Crippen molar-refractivity contribution in [1.82, 2.24) is 4.90 Å². The van der Waals surface area contributed by atoms with E-state index in [1.165, 1.54) is 6.07 Å². The van der Waals surface area contributed by atoms with Crippen molar-refractivity contribution in [1.29, 1.82) is 0 Å². The van der Waals surface area contributed by atoms with Crippen molar-refractivity contribution >= 4 is 16.9 Å². The fraction of sp³-hybridized carbons (Fsp3) is 0.474. The number of benzene rings is 1. The number of hydrogen-bond donors (Lipinski definition) is 0. The van der Waals surface area contributed by atoms with Crippen LogP contribution in [0.5, 0.6) is 5.75 Å². The van der Waals surface area contributed by atoms with Crippen LogP contribution in [-0.2, 0) is 11.2 Å². The molecule has 0 radical (unpaired) electrons. The van der Waals surface area contributed by atoms with Crippen molar-refractivity contribution in [3.63, 3.8) is 0 Å². The maximum Gasteiger partial charge on any atom is 0.336 e. The monoisotopic (exact) mass is 331 g/mol. The lowest BCUT2D eigenvalue weighted by molar-refractivity contribution is -0.139. The molecule has 0 bridgehead atoms. The van der Waals surface area contributed by atoms with Gasteiger partial charge in [-0.2, -0.15) is 0 Å². The molecule has 0 fully saturated rings. The summed E-state index contributed by atoms with van der Waals surface area (Å²) in [6.07, 6.45) is 0.141. The highest BCUT2D eigenvalue weighted by atomic mass is 16.5. The number of rotatable bonds is 6. The molecule has 24 heavy (non-hydrogen) atoms. The van der Waals surface area contributed by atoms with Gasteiger partial charge < -0.3 is 14.1 Å². The lowest BCUT2D eigenvalue weighted by atomic mass is 10.1. The topological polar surface area (TPSA) is 59.8 Å². The van der Waals surface area contributed by atoms with E-state index in [0.717, 1.165) is 17.4 Å². The fourth-order valence-electron chi connectivity index (χ4n) is 2.84. The van der Waals surface area contributed by atoms with Crippen LogP contribution in [-0.4, -0.2) is 29.5 Å². The third kappa shape index (κ3) is 3.78. The van der Waals surface area contributed by atoms with Gasteiger partial charge in [0.25, 0.3) is 5.91 Å². The minimum absolute atomic E-state index is 0.0589. The standard InChI is InChI=1S/C19H25NO4/c1-6-14-10-18(21)24-17-11-15(8-9-16(14)17)23-13(5)19(22)20(7-2)12(3)4/h8-13H,6-7H2,1-5H3. The highest BCUT2D eigenvalue weighted by Gasteiger charge is 2.23. The van der Waals surface area contributed by atoms with E-state index in [0.29, 0.717) is 17.9 Å². The third-order valence-electron chi connectivity index (χ3n) is 4.09. The van der Waals surface area contributed by atoms with Crippen LogP contribution in [0.3, 0.4) is 0 Å². The zero-order chi connectivity index (χ0) is 17.9. The van der Waals surface area contributed by atoms with Gasteiger partial charge in [-0.1, -0.05) is 6.92 Å². The molecule has 1 atom stereocenters. The van der Waals surface area contributed by atoms with Gasteiger partial charge in [-0.05, 0) is 51.8 Å². The smallest absolute Gasteiger partial charge is 0.336 e.